The normalized spacial score (nSPS) is 15.8. The molecule has 0 unspecified atom stereocenters. The highest BCUT2D eigenvalue weighted by Gasteiger charge is 2.32. The summed E-state index contributed by atoms with van der Waals surface area (Å²) < 4.78 is 31.0. The number of amides is 2. The molecule has 0 spiro atoms. The van der Waals surface area contributed by atoms with Crippen molar-refractivity contribution in [3.8, 4) is 0 Å². The average molecular weight is 528 g/mol. The summed E-state index contributed by atoms with van der Waals surface area (Å²) in [4.78, 5) is 39.5. The minimum atomic E-state index is -1.77. The van der Waals surface area contributed by atoms with E-state index in [0.717, 1.165) is 18.4 Å². The standard InChI is InChI=1S/C29H38N2O7/c1-29(2,3)38-28(34)31(17-21-15-16-21)18-25(23-13-9-6-10-14-23)36-20-24(26(32)35-4)30-27(33)37-19-22-11-7-5-8-12-22/h5-14,21,24-25H,15-20H2,1-4H3,(H,30,33)/t24-,25+/m0/s1/i25D. The fourth-order valence-electron chi connectivity index (χ4n) is 3.56. The molecule has 1 fully saturated rings. The van der Waals surface area contributed by atoms with Gasteiger partial charge in [0.2, 0.25) is 0 Å². The molecule has 0 radical (unpaired) electrons. The van der Waals surface area contributed by atoms with E-state index in [9.17, 15) is 15.8 Å². The van der Waals surface area contributed by atoms with Gasteiger partial charge < -0.3 is 29.2 Å². The third-order valence-electron chi connectivity index (χ3n) is 5.67. The number of alkyl carbamates (subject to hydrolysis) is 1. The van der Waals surface area contributed by atoms with E-state index >= 15 is 0 Å². The van der Waals surface area contributed by atoms with Gasteiger partial charge in [-0.15, -0.1) is 0 Å². The summed E-state index contributed by atoms with van der Waals surface area (Å²) in [6.07, 6.45) is -1.16. The predicted molar refractivity (Wildman–Crippen MR) is 141 cm³/mol. The van der Waals surface area contributed by atoms with E-state index in [1.165, 1.54) is 12.0 Å². The van der Waals surface area contributed by atoms with Crippen LogP contribution in [0.2, 0.25) is 0 Å². The van der Waals surface area contributed by atoms with E-state index in [0.29, 0.717) is 18.0 Å². The molecule has 1 aliphatic rings. The molecule has 0 heterocycles. The van der Waals surface area contributed by atoms with Crippen molar-refractivity contribution in [2.45, 2.75) is 57.9 Å². The van der Waals surface area contributed by atoms with Gasteiger partial charge in [0.05, 0.1) is 21.6 Å². The van der Waals surface area contributed by atoms with Gasteiger partial charge in [0.15, 0.2) is 6.04 Å². The first-order valence-corrected chi connectivity index (χ1v) is 12.7. The second-order valence-electron chi connectivity index (χ2n) is 10.2. The fourth-order valence-corrected chi connectivity index (χ4v) is 3.56. The number of esters is 1. The summed E-state index contributed by atoms with van der Waals surface area (Å²) in [7, 11) is 1.19. The van der Waals surface area contributed by atoms with Gasteiger partial charge in [-0.05, 0) is 50.7 Å². The third-order valence-corrected chi connectivity index (χ3v) is 5.67. The van der Waals surface area contributed by atoms with E-state index in [2.05, 4.69) is 5.32 Å². The highest BCUT2D eigenvalue weighted by atomic mass is 16.6. The second-order valence-corrected chi connectivity index (χ2v) is 10.2. The number of nitrogens with one attached hydrogen (secondary N) is 1. The molecule has 9 heteroatoms. The summed E-state index contributed by atoms with van der Waals surface area (Å²) in [5.74, 6) is -0.425. The lowest BCUT2D eigenvalue weighted by atomic mass is 10.1. The monoisotopic (exact) mass is 527 g/mol. The van der Waals surface area contributed by atoms with Crippen LogP contribution in [-0.2, 0) is 30.3 Å². The van der Waals surface area contributed by atoms with E-state index in [1.807, 2.05) is 18.2 Å². The van der Waals surface area contributed by atoms with E-state index < -0.39 is 42.5 Å². The van der Waals surface area contributed by atoms with Crippen molar-refractivity contribution in [1.29, 1.82) is 0 Å². The van der Waals surface area contributed by atoms with Crippen LogP contribution in [0.25, 0.3) is 0 Å². The number of carbonyl (C=O) groups is 3. The van der Waals surface area contributed by atoms with Crippen molar-refractivity contribution in [3.63, 3.8) is 0 Å². The average Bonchev–Trinajstić information content (AvgIpc) is 3.73. The Morgan fingerprint density at radius 3 is 2.26 bits per heavy atom. The van der Waals surface area contributed by atoms with Crippen molar-refractivity contribution in [1.82, 2.24) is 10.2 Å². The van der Waals surface area contributed by atoms with Crippen LogP contribution in [0.5, 0.6) is 0 Å². The molecule has 1 saturated carbocycles. The van der Waals surface area contributed by atoms with Crippen LogP contribution < -0.4 is 5.32 Å². The lowest BCUT2D eigenvalue weighted by molar-refractivity contribution is -0.145. The highest BCUT2D eigenvalue weighted by molar-refractivity contribution is 5.81. The summed E-state index contributed by atoms with van der Waals surface area (Å²) in [6.45, 7) is 5.25. The quantitative estimate of drug-likeness (QED) is 0.311. The summed E-state index contributed by atoms with van der Waals surface area (Å²) in [6, 6.07) is 16.6. The molecule has 2 aromatic rings. The Bertz CT molecular complexity index is 1090. The van der Waals surface area contributed by atoms with Crippen molar-refractivity contribution in [3.05, 3.63) is 71.8 Å². The SMILES string of the molecule is [2H][C@](CN(CC1CC1)C(=O)OC(C)(C)C)(OC[C@H](NC(=O)OCc1ccccc1)C(=O)OC)c1ccccc1. The Morgan fingerprint density at radius 1 is 1.05 bits per heavy atom. The molecule has 0 bridgehead atoms. The molecule has 9 nitrogen and oxygen atoms in total. The zero-order chi connectivity index (χ0) is 28.5. The van der Waals surface area contributed by atoms with Gasteiger partial charge in [0.25, 0.3) is 0 Å². The lowest BCUT2D eigenvalue weighted by Crippen LogP contribution is -2.46. The molecule has 206 valence electrons. The molecule has 2 atom stereocenters. The zero-order valence-electron chi connectivity index (χ0n) is 23.5. The van der Waals surface area contributed by atoms with Gasteiger partial charge in [-0.2, -0.15) is 0 Å². The van der Waals surface area contributed by atoms with Crippen LogP contribution in [0, 0.1) is 5.92 Å². The summed E-state index contributed by atoms with van der Waals surface area (Å²) >= 11 is 0. The lowest BCUT2D eigenvalue weighted by Gasteiger charge is -2.31. The van der Waals surface area contributed by atoms with Crippen molar-refractivity contribution < 1.29 is 34.7 Å². The Balaban J connectivity index is 1.75. The first kappa shape index (κ1) is 27.4. The number of benzene rings is 2. The van der Waals surface area contributed by atoms with Gasteiger partial charge in [-0.3, -0.25) is 0 Å². The van der Waals surface area contributed by atoms with Crippen molar-refractivity contribution in [2.75, 3.05) is 26.8 Å². The van der Waals surface area contributed by atoms with Crippen LogP contribution in [0.15, 0.2) is 60.7 Å². The summed E-state index contributed by atoms with van der Waals surface area (Å²) in [5, 5.41) is 2.46. The minimum absolute atomic E-state index is 0.0137. The number of hydrogen-bond acceptors (Lipinski definition) is 7. The first-order valence-electron chi connectivity index (χ1n) is 13.2. The van der Waals surface area contributed by atoms with Crippen LogP contribution in [0.4, 0.5) is 9.59 Å². The van der Waals surface area contributed by atoms with E-state index in [-0.39, 0.29) is 13.2 Å². The predicted octanol–water partition coefficient (Wildman–Crippen LogP) is 4.86. The number of ether oxygens (including phenoxy) is 4. The van der Waals surface area contributed by atoms with E-state index in [1.54, 1.807) is 63.2 Å². The maximum Gasteiger partial charge on any atom is 0.410 e. The minimum Gasteiger partial charge on any atom is -0.467 e. The van der Waals surface area contributed by atoms with Crippen LogP contribution in [-0.4, -0.2) is 61.5 Å². The molecular weight excluding hydrogens is 488 g/mol. The molecule has 38 heavy (non-hydrogen) atoms. The molecule has 0 saturated heterocycles. The Morgan fingerprint density at radius 2 is 1.68 bits per heavy atom. The van der Waals surface area contributed by atoms with Gasteiger partial charge in [0, 0.05) is 6.54 Å². The fraction of sp³-hybridized carbons (Fsp3) is 0.483. The zero-order valence-corrected chi connectivity index (χ0v) is 22.5. The number of hydrogen-bond donors (Lipinski definition) is 1. The number of carbonyl (C=O) groups excluding carboxylic acids is 3. The molecule has 1 N–H and O–H groups in total. The van der Waals surface area contributed by atoms with E-state index in [4.69, 9.17) is 18.9 Å². The number of methoxy groups -OCH3 is 1. The van der Waals surface area contributed by atoms with Crippen LogP contribution >= 0.6 is 0 Å². The van der Waals surface area contributed by atoms with Gasteiger partial charge in [0.1, 0.15) is 18.3 Å². The molecule has 0 aliphatic heterocycles. The smallest absolute Gasteiger partial charge is 0.410 e. The van der Waals surface area contributed by atoms with Gasteiger partial charge in [-0.1, -0.05) is 60.7 Å². The van der Waals surface area contributed by atoms with Gasteiger partial charge in [-0.25, -0.2) is 14.4 Å². The van der Waals surface area contributed by atoms with Crippen molar-refractivity contribution in [2.24, 2.45) is 5.92 Å². The van der Waals surface area contributed by atoms with Crippen LogP contribution in [0.3, 0.4) is 0 Å². The number of rotatable bonds is 12. The Kier molecular flexibility index (Phi) is 9.97. The molecule has 2 aromatic carbocycles. The highest BCUT2D eigenvalue weighted by Crippen LogP contribution is 2.31. The molecule has 3 rings (SSSR count). The largest absolute Gasteiger partial charge is 0.467 e. The molecular formula is C29H38N2O7. The van der Waals surface area contributed by atoms with Gasteiger partial charge >= 0.3 is 18.2 Å². The number of nitrogens with zero attached hydrogens (tertiary/aromatic N) is 1. The molecule has 1 aliphatic carbocycles. The Hall–Kier alpha value is -3.59. The Labute approximate surface area is 225 Å². The second kappa shape index (κ2) is 13.8. The molecule has 2 amide bonds. The van der Waals surface area contributed by atoms with Crippen LogP contribution in [0.1, 0.15) is 52.2 Å². The maximum absolute atomic E-state index is 13.1. The van der Waals surface area contributed by atoms with Crippen molar-refractivity contribution >= 4 is 18.2 Å². The third kappa shape index (κ3) is 10.0. The molecule has 0 aromatic heterocycles. The topological polar surface area (TPSA) is 103 Å². The first-order chi connectivity index (χ1) is 18.5. The maximum atomic E-state index is 13.1. The summed E-state index contributed by atoms with van der Waals surface area (Å²) in [5.41, 5.74) is 0.548.